The molecule has 0 radical (unpaired) electrons. The van der Waals surface area contributed by atoms with Gasteiger partial charge < -0.3 is 5.32 Å². The van der Waals surface area contributed by atoms with E-state index in [9.17, 15) is 4.79 Å². The molecule has 3 N–H and O–H groups in total. The maximum absolute atomic E-state index is 11.4. The molecule has 98 valence electrons. The van der Waals surface area contributed by atoms with E-state index in [1.165, 1.54) is 17.4 Å². The number of carbonyl (C=O) groups is 1. The lowest BCUT2D eigenvalue weighted by Crippen LogP contribution is -2.48. The molecule has 4 nitrogen and oxygen atoms in total. The average Bonchev–Trinajstić information content (AvgIpc) is 2.69. The van der Waals surface area contributed by atoms with Crippen molar-refractivity contribution < 1.29 is 4.79 Å². The van der Waals surface area contributed by atoms with Crippen LogP contribution in [0.15, 0.2) is 18.2 Å². The van der Waals surface area contributed by atoms with E-state index in [1.807, 2.05) is 19.9 Å². The van der Waals surface area contributed by atoms with Gasteiger partial charge in [0.25, 0.3) is 5.91 Å². The number of carbonyl (C=O) groups excluding carboxylic acids is 1. The standard InChI is InChI=1S/C11H14ClN3OS2/c1-7(2)13-11(17)15-14-10(16)6-4-8-3-5-9(12)18-8/h3-7H,1-2H3,(H,14,16)(H2,13,15,17)/b6-4+. The summed E-state index contributed by atoms with van der Waals surface area (Å²) in [4.78, 5) is 12.4. The van der Waals surface area contributed by atoms with E-state index in [0.29, 0.717) is 9.45 Å². The Balaban J connectivity index is 2.33. The monoisotopic (exact) mass is 303 g/mol. The number of thiophene rings is 1. The number of halogens is 1. The van der Waals surface area contributed by atoms with Crippen molar-refractivity contribution in [3.63, 3.8) is 0 Å². The van der Waals surface area contributed by atoms with E-state index in [-0.39, 0.29) is 11.9 Å². The predicted molar refractivity (Wildman–Crippen MR) is 80.5 cm³/mol. The molecule has 1 aromatic heterocycles. The molecule has 1 heterocycles. The minimum atomic E-state index is -0.285. The quantitative estimate of drug-likeness (QED) is 0.456. The van der Waals surface area contributed by atoms with Crippen LogP contribution in [-0.2, 0) is 4.79 Å². The second-order valence-corrected chi connectivity index (χ2v) is 5.87. The van der Waals surface area contributed by atoms with Gasteiger partial charge in [-0.2, -0.15) is 0 Å². The van der Waals surface area contributed by atoms with Crippen LogP contribution in [0.4, 0.5) is 0 Å². The van der Waals surface area contributed by atoms with Gasteiger partial charge in [0.2, 0.25) is 0 Å². The average molecular weight is 304 g/mol. The summed E-state index contributed by atoms with van der Waals surface area (Å²) in [6.45, 7) is 3.91. The largest absolute Gasteiger partial charge is 0.359 e. The summed E-state index contributed by atoms with van der Waals surface area (Å²) in [7, 11) is 0. The van der Waals surface area contributed by atoms with Crippen molar-refractivity contribution in [3.05, 3.63) is 27.4 Å². The van der Waals surface area contributed by atoms with Gasteiger partial charge in [0.1, 0.15) is 0 Å². The summed E-state index contributed by atoms with van der Waals surface area (Å²) in [5, 5.41) is 3.32. The van der Waals surface area contributed by atoms with E-state index in [1.54, 1.807) is 12.1 Å². The number of thiocarbonyl (C=S) groups is 1. The highest BCUT2D eigenvalue weighted by atomic mass is 35.5. The van der Waals surface area contributed by atoms with Gasteiger partial charge in [-0.15, -0.1) is 11.3 Å². The van der Waals surface area contributed by atoms with Gasteiger partial charge in [-0.05, 0) is 44.3 Å². The molecular weight excluding hydrogens is 290 g/mol. The third-order valence-electron chi connectivity index (χ3n) is 1.71. The van der Waals surface area contributed by atoms with Crippen molar-refractivity contribution >= 4 is 52.3 Å². The van der Waals surface area contributed by atoms with Crippen molar-refractivity contribution in [1.29, 1.82) is 0 Å². The van der Waals surface area contributed by atoms with Crippen LogP contribution >= 0.6 is 35.2 Å². The first-order chi connectivity index (χ1) is 8.47. The summed E-state index contributed by atoms with van der Waals surface area (Å²) in [5.41, 5.74) is 5.06. The van der Waals surface area contributed by atoms with E-state index in [4.69, 9.17) is 23.8 Å². The number of nitrogens with one attached hydrogen (secondary N) is 3. The first kappa shape index (κ1) is 14.9. The minimum Gasteiger partial charge on any atom is -0.359 e. The second kappa shape index (κ2) is 7.35. The van der Waals surface area contributed by atoms with Crippen LogP contribution in [-0.4, -0.2) is 17.1 Å². The summed E-state index contributed by atoms with van der Waals surface area (Å²) in [5.74, 6) is -0.285. The molecule has 0 spiro atoms. The van der Waals surface area contributed by atoms with Crippen LogP contribution in [0.5, 0.6) is 0 Å². The Morgan fingerprint density at radius 1 is 1.44 bits per heavy atom. The number of amides is 1. The third kappa shape index (κ3) is 6.00. The molecule has 0 aliphatic carbocycles. The summed E-state index contributed by atoms with van der Waals surface area (Å²) in [6, 6.07) is 3.84. The highest BCUT2D eigenvalue weighted by molar-refractivity contribution is 7.80. The lowest BCUT2D eigenvalue weighted by molar-refractivity contribution is -0.116. The van der Waals surface area contributed by atoms with Crippen molar-refractivity contribution in [2.45, 2.75) is 19.9 Å². The Morgan fingerprint density at radius 2 is 2.17 bits per heavy atom. The van der Waals surface area contributed by atoms with E-state index >= 15 is 0 Å². The van der Waals surface area contributed by atoms with Crippen LogP contribution in [0.1, 0.15) is 18.7 Å². The second-order valence-electron chi connectivity index (χ2n) is 3.72. The SMILES string of the molecule is CC(C)NC(=S)NNC(=O)/C=C/c1ccc(Cl)s1. The van der Waals surface area contributed by atoms with Crippen molar-refractivity contribution in [2.24, 2.45) is 0 Å². The van der Waals surface area contributed by atoms with E-state index in [2.05, 4.69) is 16.2 Å². The fourth-order valence-electron chi connectivity index (χ4n) is 1.03. The van der Waals surface area contributed by atoms with Gasteiger partial charge in [-0.1, -0.05) is 11.6 Å². The van der Waals surface area contributed by atoms with Gasteiger partial charge in [0.15, 0.2) is 5.11 Å². The van der Waals surface area contributed by atoms with Gasteiger partial charge in [0.05, 0.1) is 4.34 Å². The number of rotatable bonds is 3. The zero-order valence-corrected chi connectivity index (χ0v) is 12.4. The number of hydrazine groups is 1. The van der Waals surface area contributed by atoms with Crippen molar-refractivity contribution in [1.82, 2.24) is 16.2 Å². The molecule has 1 amide bonds. The Hall–Kier alpha value is -1.11. The Bertz CT molecular complexity index is 457. The van der Waals surface area contributed by atoms with Gasteiger partial charge in [-0.3, -0.25) is 15.6 Å². The Morgan fingerprint density at radius 3 is 2.72 bits per heavy atom. The van der Waals surface area contributed by atoms with E-state index in [0.717, 1.165) is 4.88 Å². The summed E-state index contributed by atoms with van der Waals surface area (Å²) < 4.78 is 0.690. The molecular formula is C11H14ClN3OS2. The Labute approximate surface area is 120 Å². The molecule has 0 unspecified atom stereocenters. The van der Waals surface area contributed by atoms with E-state index < -0.39 is 0 Å². The van der Waals surface area contributed by atoms with Crippen LogP contribution in [0.2, 0.25) is 4.34 Å². The molecule has 0 aliphatic heterocycles. The molecule has 0 atom stereocenters. The lowest BCUT2D eigenvalue weighted by Gasteiger charge is -2.12. The lowest BCUT2D eigenvalue weighted by atomic mass is 10.4. The summed E-state index contributed by atoms with van der Waals surface area (Å²) in [6.07, 6.45) is 3.10. The maximum Gasteiger partial charge on any atom is 0.262 e. The van der Waals surface area contributed by atoms with Crippen LogP contribution in [0, 0.1) is 0 Å². The first-order valence-corrected chi connectivity index (χ1v) is 6.87. The predicted octanol–water partition coefficient (Wildman–Crippen LogP) is 2.32. The molecule has 1 aromatic rings. The Kier molecular flexibility index (Phi) is 6.11. The smallest absolute Gasteiger partial charge is 0.262 e. The number of hydrogen-bond acceptors (Lipinski definition) is 3. The van der Waals surface area contributed by atoms with Crippen LogP contribution in [0.3, 0.4) is 0 Å². The molecule has 0 aromatic carbocycles. The normalized spacial score (nSPS) is 10.7. The van der Waals surface area contributed by atoms with Crippen LogP contribution in [0.25, 0.3) is 6.08 Å². The van der Waals surface area contributed by atoms with Crippen LogP contribution < -0.4 is 16.2 Å². The fourth-order valence-corrected chi connectivity index (χ4v) is 2.28. The zero-order valence-electron chi connectivity index (χ0n) is 9.99. The molecule has 0 aliphatic rings. The topological polar surface area (TPSA) is 53.2 Å². The molecule has 18 heavy (non-hydrogen) atoms. The number of hydrogen-bond donors (Lipinski definition) is 3. The first-order valence-electron chi connectivity index (χ1n) is 5.27. The molecule has 0 fully saturated rings. The summed E-state index contributed by atoms with van der Waals surface area (Å²) >= 11 is 12.1. The molecule has 0 bridgehead atoms. The highest BCUT2D eigenvalue weighted by Crippen LogP contribution is 2.22. The molecule has 0 saturated carbocycles. The molecule has 0 saturated heterocycles. The zero-order chi connectivity index (χ0) is 13.5. The van der Waals surface area contributed by atoms with Gasteiger partial charge in [-0.25, -0.2) is 0 Å². The van der Waals surface area contributed by atoms with Crippen molar-refractivity contribution in [2.75, 3.05) is 0 Å². The van der Waals surface area contributed by atoms with Gasteiger partial charge >= 0.3 is 0 Å². The van der Waals surface area contributed by atoms with Crippen molar-refractivity contribution in [3.8, 4) is 0 Å². The highest BCUT2D eigenvalue weighted by Gasteiger charge is 2.00. The molecule has 1 rings (SSSR count). The minimum absolute atomic E-state index is 0.214. The maximum atomic E-state index is 11.4. The third-order valence-corrected chi connectivity index (χ3v) is 3.13. The molecule has 7 heteroatoms. The van der Waals surface area contributed by atoms with Gasteiger partial charge in [0, 0.05) is 17.0 Å². The fraction of sp³-hybridized carbons (Fsp3) is 0.273.